The Morgan fingerprint density at radius 1 is 1.07 bits per heavy atom. The predicted octanol–water partition coefficient (Wildman–Crippen LogP) is 4.48. The van der Waals surface area contributed by atoms with Crippen LogP contribution in [0.1, 0.15) is 29.8 Å². The number of aromatic nitrogens is 3. The molecule has 0 spiro atoms. The molecule has 0 unspecified atom stereocenters. The topological polar surface area (TPSA) is 88.9 Å². The molecule has 28 heavy (non-hydrogen) atoms. The summed E-state index contributed by atoms with van der Waals surface area (Å²) < 4.78 is 1.55. The van der Waals surface area contributed by atoms with Gasteiger partial charge in [-0.2, -0.15) is 0 Å². The highest BCUT2D eigenvalue weighted by Crippen LogP contribution is 2.26. The van der Waals surface area contributed by atoms with Gasteiger partial charge in [0.15, 0.2) is 0 Å². The lowest BCUT2D eigenvalue weighted by Crippen LogP contribution is -2.15. The van der Waals surface area contributed by atoms with E-state index in [4.69, 9.17) is 23.2 Å². The van der Waals surface area contributed by atoms with E-state index in [0.717, 1.165) is 5.69 Å². The lowest BCUT2D eigenvalue weighted by atomic mass is 10.2. The highest BCUT2D eigenvalue weighted by molar-refractivity contribution is 6.34. The number of nitrogens with one attached hydrogen (secondary N) is 2. The molecule has 2 amide bonds. The number of hydrogen-bond donors (Lipinski definition) is 2. The Bertz CT molecular complexity index is 1030. The van der Waals surface area contributed by atoms with Crippen molar-refractivity contribution in [2.24, 2.45) is 0 Å². The molecule has 0 aliphatic carbocycles. The van der Waals surface area contributed by atoms with Crippen molar-refractivity contribution in [1.29, 1.82) is 0 Å². The Balaban J connectivity index is 1.82. The van der Waals surface area contributed by atoms with Crippen LogP contribution >= 0.6 is 23.2 Å². The molecule has 0 bridgehead atoms. The third-order valence-electron chi connectivity index (χ3n) is 3.86. The molecule has 3 aromatic rings. The monoisotopic (exact) mass is 417 g/mol. The highest BCUT2D eigenvalue weighted by atomic mass is 35.5. The van der Waals surface area contributed by atoms with Crippen LogP contribution in [0.15, 0.2) is 42.5 Å². The second-order valence-electron chi connectivity index (χ2n) is 5.92. The van der Waals surface area contributed by atoms with Crippen molar-refractivity contribution in [1.82, 2.24) is 14.8 Å². The van der Waals surface area contributed by atoms with Crippen molar-refractivity contribution >= 4 is 46.4 Å². The summed E-state index contributed by atoms with van der Waals surface area (Å²) in [5.74, 6) is -0.121. The molecule has 1 aromatic heterocycles. The third kappa shape index (κ3) is 4.49. The number of hydrogen-bond acceptors (Lipinski definition) is 4. The molecule has 7 nitrogen and oxygen atoms in total. The summed E-state index contributed by atoms with van der Waals surface area (Å²) in [5.41, 5.74) is 1.61. The molecule has 0 saturated carbocycles. The molecule has 2 N–H and O–H groups in total. The minimum atomic E-state index is -0.517. The molecular weight excluding hydrogens is 401 g/mol. The normalized spacial score (nSPS) is 10.6. The van der Waals surface area contributed by atoms with E-state index in [1.54, 1.807) is 61.0 Å². The minimum absolute atomic E-state index is 0.00786. The van der Waals surface area contributed by atoms with Crippen LogP contribution in [0.25, 0.3) is 5.69 Å². The maximum atomic E-state index is 12.6. The second-order valence-corrected chi connectivity index (χ2v) is 6.76. The van der Waals surface area contributed by atoms with Crippen LogP contribution < -0.4 is 10.6 Å². The van der Waals surface area contributed by atoms with Crippen molar-refractivity contribution in [2.45, 2.75) is 20.3 Å². The number of halogens is 2. The van der Waals surface area contributed by atoms with E-state index < -0.39 is 5.91 Å². The summed E-state index contributed by atoms with van der Waals surface area (Å²) in [6.07, 6.45) is 0.343. The summed E-state index contributed by atoms with van der Waals surface area (Å²) >= 11 is 12.1. The Labute approximate surface area is 171 Å². The molecule has 1 heterocycles. The summed E-state index contributed by atoms with van der Waals surface area (Å²) in [5, 5.41) is 10.6. The first-order chi connectivity index (χ1) is 13.4. The van der Waals surface area contributed by atoms with Gasteiger partial charge in [-0.05, 0) is 49.4 Å². The van der Waals surface area contributed by atoms with E-state index in [1.807, 2.05) is 0 Å². The Morgan fingerprint density at radius 2 is 1.79 bits per heavy atom. The van der Waals surface area contributed by atoms with Crippen molar-refractivity contribution in [3.8, 4) is 5.69 Å². The van der Waals surface area contributed by atoms with Gasteiger partial charge in [0.05, 0.1) is 16.4 Å². The summed E-state index contributed by atoms with van der Waals surface area (Å²) in [7, 11) is 0. The Kier molecular flexibility index (Phi) is 5.96. The number of carbonyl (C=O) groups excluding carboxylic acids is 2. The van der Waals surface area contributed by atoms with Crippen LogP contribution in [0.3, 0.4) is 0 Å². The SMILES string of the molecule is CCC(=O)Nc1ccc(Cl)c(NC(=O)c2nc(C)n(-c3ccc(Cl)cc3)n2)c1. The molecule has 0 atom stereocenters. The van der Waals surface area contributed by atoms with Crippen LogP contribution in [0.5, 0.6) is 0 Å². The van der Waals surface area contributed by atoms with Gasteiger partial charge in [0.25, 0.3) is 5.91 Å². The Hall–Kier alpha value is -2.90. The predicted molar refractivity (Wildman–Crippen MR) is 109 cm³/mol. The standard InChI is InChI=1S/C19H17Cl2N5O2/c1-3-17(27)23-13-6-9-15(21)16(10-13)24-19(28)18-22-11(2)26(25-18)14-7-4-12(20)5-8-14/h4-10H,3H2,1-2H3,(H,23,27)(H,24,28). The van der Waals surface area contributed by atoms with Crippen molar-refractivity contribution in [2.75, 3.05) is 10.6 Å². The Morgan fingerprint density at radius 3 is 2.46 bits per heavy atom. The van der Waals surface area contributed by atoms with Gasteiger partial charge in [-0.15, -0.1) is 5.10 Å². The van der Waals surface area contributed by atoms with Gasteiger partial charge in [0, 0.05) is 17.1 Å². The summed E-state index contributed by atoms with van der Waals surface area (Å²) in [4.78, 5) is 28.4. The highest BCUT2D eigenvalue weighted by Gasteiger charge is 2.17. The van der Waals surface area contributed by atoms with Crippen LogP contribution in [-0.2, 0) is 4.79 Å². The second kappa shape index (κ2) is 8.41. The average molecular weight is 418 g/mol. The van der Waals surface area contributed by atoms with Gasteiger partial charge >= 0.3 is 0 Å². The summed E-state index contributed by atoms with van der Waals surface area (Å²) in [6, 6.07) is 11.8. The number of anilines is 2. The third-order valence-corrected chi connectivity index (χ3v) is 4.44. The quantitative estimate of drug-likeness (QED) is 0.639. The van der Waals surface area contributed by atoms with E-state index in [0.29, 0.717) is 33.7 Å². The van der Waals surface area contributed by atoms with Crippen LogP contribution in [-0.4, -0.2) is 26.6 Å². The van der Waals surface area contributed by atoms with Gasteiger partial charge in [-0.1, -0.05) is 30.1 Å². The van der Waals surface area contributed by atoms with E-state index in [1.165, 1.54) is 0 Å². The number of nitrogens with zero attached hydrogens (tertiary/aromatic N) is 3. The smallest absolute Gasteiger partial charge is 0.295 e. The molecule has 0 fully saturated rings. The van der Waals surface area contributed by atoms with Crippen LogP contribution in [0.2, 0.25) is 10.0 Å². The van der Waals surface area contributed by atoms with Crippen molar-refractivity contribution in [3.63, 3.8) is 0 Å². The van der Waals surface area contributed by atoms with Crippen LogP contribution in [0, 0.1) is 6.92 Å². The van der Waals surface area contributed by atoms with Gasteiger partial charge in [0.1, 0.15) is 5.82 Å². The van der Waals surface area contributed by atoms with E-state index in [2.05, 4.69) is 20.7 Å². The first-order valence-corrected chi connectivity index (χ1v) is 9.23. The molecule has 0 aliphatic rings. The molecule has 0 saturated heterocycles. The van der Waals surface area contributed by atoms with E-state index >= 15 is 0 Å². The zero-order valence-electron chi connectivity index (χ0n) is 15.2. The lowest BCUT2D eigenvalue weighted by Gasteiger charge is -2.09. The summed E-state index contributed by atoms with van der Waals surface area (Å²) in [6.45, 7) is 3.49. The van der Waals surface area contributed by atoms with E-state index in [9.17, 15) is 9.59 Å². The number of amides is 2. The molecule has 0 radical (unpaired) electrons. The molecule has 2 aromatic carbocycles. The fraction of sp³-hybridized carbons (Fsp3) is 0.158. The largest absolute Gasteiger partial charge is 0.326 e. The average Bonchev–Trinajstić information content (AvgIpc) is 3.07. The fourth-order valence-corrected chi connectivity index (χ4v) is 2.73. The molecule has 0 aliphatic heterocycles. The molecule has 144 valence electrons. The lowest BCUT2D eigenvalue weighted by molar-refractivity contribution is -0.115. The zero-order chi connectivity index (χ0) is 20.3. The molecule has 3 rings (SSSR count). The number of benzene rings is 2. The fourth-order valence-electron chi connectivity index (χ4n) is 2.44. The number of carbonyl (C=O) groups is 2. The molecule has 9 heteroatoms. The van der Waals surface area contributed by atoms with E-state index in [-0.39, 0.29) is 11.7 Å². The maximum Gasteiger partial charge on any atom is 0.295 e. The zero-order valence-corrected chi connectivity index (χ0v) is 16.7. The maximum absolute atomic E-state index is 12.6. The van der Waals surface area contributed by atoms with Crippen molar-refractivity contribution in [3.05, 3.63) is 64.2 Å². The number of aryl methyl sites for hydroxylation is 1. The van der Waals surface area contributed by atoms with Gasteiger partial charge in [0.2, 0.25) is 11.7 Å². The van der Waals surface area contributed by atoms with Gasteiger partial charge in [-0.25, -0.2) is 9.67 Å². The first kappa shape index (κ1) is 19.9. The van der Waals surface area contributed by atoms with Crippen LogP contribution in [0.4, 0.5) is 11.4 Å². The first-order valence-electron chi connectivity index (χ1n) is 8.47. The molecular formula is C19H17Cl2N5O2. The number of rotatable bonds is 5. The van der Waals surface area contributed by atoms with Crippen molar-refractivity contribution < 1.29 is 9.59 Å². The minimum Gasteiger partial charge on any atom is -0.326 e. The van der Waals surface area contributed by atoms with Gasteiger partial charge < -0.3 is 10.6 Å². The van der Waals surface area contributed by atoms with Gasteiger partial charge in [-0.3, -0.25) is 9.59 Å².